The summed E-state index contributed by atoms with van der Waals surface area (Å²) in [5, 5.41) is 0. The zero-order valence-electron chi connectivity index (χ0n) is 9.91. The van der Waals surface area contributed by atoms with Crippen LogP contribution in [0.3, 0.4) is 0 Å². The van der Waals surface area contributed by atoms with Gasteiger partial charge in [0.15, 0.2) is 0 Å². The summed E-state index contributed by atoms with van der Waals surface area (Å²) in [4.78, 5) is 11.5. The van der Waals surface area contributed by atoms with Crippen LogP contribution in [0.5, 0.6) is 0 Å². The Bertz CT molecular complexity index is 356. The fourth-order valence-electron chi connectivity index (χ4n) is 2.61. The largest absolute Gasteiger partial charge is 0.466 e. The molecule has 0 bridgehead atoms. The number of carbonyl (C=O) groups is 1. The van der Waals surface area contributed by atoms with Crippen molar-refractivity contribution in [1.29, 1.82) is 0 Å². The van der Waals surface area contributed by atoms with Gasteiger partial charge in [-0.25, -0.2) is 4.79 Å². The number of rotatable bonds is 1. The van der Waals surface area contributed by atoms with Crippen LogP contribution < -0.4 is 0 Å². The molecule has 1 heterocycles. The number of carbonyl (C=O) groups excluding carboxylic acids is 1. The second-order valence-electron chi connectivity index (χ2n) is 4.98. The second kappa shape index (κ2) is 4.06. The van der Waals surface area contributed by atoms with Gasteiger partial charge in [0.1, 0.15) is 0 Å². The molecule has 1 aliphatic heterocycles. The molecule has 3 nitrogen and oxygen atoms in total. The topological polar surface area (TPSA) is 35.5 Å². The molecule has 88 valence electrons. The zero-order valence-corrected chi connectivity index (χ0v) is 9.91. The number of methoxy groups -OCH3 is 1. The predicted molar refractivity (Wildman–Crippen MR) is 60.9 cm³/mol. The maximum Gasteiger partial charge on any atom is 0.333 e. The van der Waals surface area contributed by atoms with E-state index in [2.05, 4.69) is 13.5 Å². The summed E-state index contributed by atoms with van der Waals surface area (Å²) >= 11 is 0. The fraction of sp³-hybridized carbons (Fsp3) is 0.615. The van der Waals surface area contributed by atoms with Crippen LogP contribution in [0.1, 0.15) is 19.8 Å². The third-order valence-corrected chi connectivity index (χ3v) is 3.73. The quantitative estimate of drug-likeness (QED) is 0.503. The summed E-state index contributed by atoms with van der Waals surface area (Å²) in [6.07, 6.45) is 3.48. The summed E-state index contributed by atoms with van der Waals surface area (Å²) in [6.45, 7) is 7.79. The highest BCUT2D eigenvalue weighted by molar-refractivity contribution is 5.89. The number of esters is 1. The van der Waals surface area contributed by atoms with Crippen LogP contribution in [0.15, 0.2) is 23.8 Å². The van der Waals surface area contributed by atoms with E-state index in [1.165, 1.54) is 7.11 Å². The highest BCUT2D eigenvalue weighted by atomic mass is 16.5. The van der Waals surface area contributed by atoms with Crippen LogP contribution in [0.25, 0.3) is 0 Å². The molecule has 0 amide bonds. The Hall–Kier alpha value is -1.09. The lowest BCUT2D eigenvalue weighted by atomic mass is 9.75. The Morgan fingerprint density at radius 1 is 1.69 bits per heavy atom. The Morgan fingerprint density at radius 2 is 2.44 bits per heavy atom. The van der Waals surface area contributed by atoms with Crippen LogP contribution in [0.2, 0.25) is 0 Å². The highest BCUT2D eigenvalue weighted by Crippen LogP contribution is 2.45. The molecule has 1 saturated heterocycles. The summed E-state index contributed by atoms with van der Waals surface area (Å²) in [5.41, 5.74) is 1.93. The maximum absolute atomic E-state index is 11.5. The molecule has 0 radical (unpaired) electrons. The van der Waals surface area contributed by atoms with Crippen molar-refractivity contribution < 1.29 is 14.3 Å². The molecule has 0 N–H and O–H groups in total. The minimum absolute atomic E-state index is 0.104. The van der Waals surface area contributed by atoms with Crippen LogP contribution in [-0.2, 0) is 14.3 Å². The summed E-state index contributed by atoms with van der Waals surface area (Å²) < 4.78 is 10.3. The molecule has 2 rings (SSSR count). The molecule has 0 aromatic heterocycles. The smallest absolute Gasteiger partial charge is 0.333 e. The Balaban J connectivity index is 2.25. The number of hydrogen-bond donors (Lipinski definition) is 0. The molecule has 2 aliphatic rings. The van der Waals surface area contributed by atoms with Crippen molar-refractivity contribution in [3.05, 3.63) is 23.8 Å². The lowest BCUT2D eigenvalue weighted by Crippen LogP contribution is -2.25. The van der Waals surface area contributed by atoms with Gasteiger partial charge in [-0.1, -0.05) is 25.2 Å². The van der Waals surface area contributed by atoms with Gasteiger partial charge in [-0.3, -0.25) is 0 Å². The van der Waals surface area contributed by atoms with Gasteiger partial charge in [0, 0.05) is 23.3 Å². The number of allylic oxidation sites excluding steroid dienone is 1. The van der Waals surface area contributed by atoms with Gasteiger partial charge in [0.05, 0.1) is 20.3 Å². The van der Waals surface area contributed by atoms with E-state index in [0.29, 0.717) is 12.3 Å². The fourth-order valence-corrected chi connectivity index (χ4v) is 2.61. The molecule has 3 heteroatoms. The van der Waals surface area contributed by atoms with E-state index in [1.807, 2.05) is 6.08 Å². The molecule has 0 aromatic rings. The zero-order chi connectivity index (χ0) is 11.8. The average molecular weight is 222 g/mol. The summed E-state index contributed by atoms with van der Waals surface area (Å²) in [7, 11) is 1.42. The van der Waals surface area contributed by atoms with E-state index in [-0.39, 0.29) is 11.4 Å². The van der Waals surface area contributed by atoms with Crippen LogP contribution >= 0.6 is 0 Å². The molecule has 0 saturated carbocycles. The van der Waals surface area contributed by atoms with Gasteiger partial charge in [-0.15, -0.1) is 0 Å². The summed E-state index contributed by atoms with van der Waals surface area (Å²) in [6, 6.07) is 0. The lowest BCUT2D eigenvalue weighted by molar-refractivity contribution is -0.136. The monoisotopic (exact) mass is 222 g/mol. The predicted octanol–water partition coefficient (Wildman–Crippen LogP) is 2.09. The van der Waals surface area contributed by atoms with Crippen molar-refractivity contribution in [3.63, 3.8) is 0 Å². The molecule has 2 atom stereocenters. The van der Waals surface area contributed by atoms with Crippen molar-refractivity contribution in [1.82, 2.24) is 0 Å². The van der Waals surface area contributed by atoms with Gasteiger partial charge in [-0.05, 0) is 6.42 Å². The van der Waals surface area contributed by atoms with Crippen LogP contribution in [-0.4, -0.2) is 26.3 Å². The normalized spacial score (nSPS) is 34.0. The van der Waals surface area contributed by atoms with Gasteiger partial charge in [0.2, 0.25) is 0 Å². The Labute approximate surface area is 96.1 Å². The van der Waals surface area contributed by atoms with E-state index in [9.17, 15) is 4.79 Å². The SMILES string of the molecule is C=C1CC(C(=O)OC)=CCC2(C)COCC12. The number of ether oxygens (including phenoxy) is 2. The lowest BCUT2D eigenvalue weighted by Gasteiger charge is -2.27. The molecule has 1 fully saturated rings. The van der Waals surface area contributed by atoms with Gasteiger partial charge in [0.25, 0.3) is 0 Å². The minimum atomic E-state index is -0.231. The Morgan fingerprint density at radius 3 is 3.12 bits per heavy atom. The van der Waals surface area contributed by atoms with Crippen molar-refractivity contribution in [2.24, 2.45) is 11.3 Å². The summed E-state index contributed by atoms with van der Waals surface area (Å²) in [5.74, 6) is 0.136. The van der Waals surface area contributed by atoms with Crippen molar-refractivity contribution in [2.45, 2.75) is 19.8 Å². The first-order chi connectivity index (χ1) is 7.57. The number of hydrogen-bond acceptors (Lipinski definition) is 3. The Kier molecular flexibility index (Phi) is 2.89. The van der Waals surface area contributed by atoms with Crippen molar-refractivity contribution in [3.8, 4) is 0 Å². The third-order valence-electron chi connectivity index (χ3n) is 3.73. The first kappa shape index (κ1) is 11.4. The molecule has 0 spiro atoms. The van der Waals surface area contributed by atoms with Gasteiger partial charge in [-0.2, -0.15) is 0 Å². The first-order valence-corrected chi connectivity index (χ1v) is 5.59. The maximum atomic E-state index is 11.5. The van der Waals surface area contributed by atoms with Crippen LogP contribution in [0, 0.1) is 11.3 Å². The van der Waals surface area contributed by atoms with E-state index >= 15 is 0 Å². The standard InChI is InChI=1S/C13H18O3/c1-9-6-10(12(14)15-3)4-5-13(2)8-16-7-11(9)13/h4,11H,1,5-8H2,2-3H3. The van der Waals surface area contributed by atoms with E-state index < -0.39 is 0 Å². The highest BCUT2D eigenvalue weighted by Gasteiger charge is 2.42. The molecular formula is C13H18O3. The first-order valence-electron chi connectivity index (χ1n) is 5.59. The minimum Gasteiger partial charge on any atom is -0.466 e. The third kappa shape index (κ3) is 1.80. The molecule has 2 unspecified atom stereocenters. The van der Waals surface area contributed by atoms with Crippen LogP contribution in [0.4, 0.5) is 0 Å². The average Bonchev–Trinajstić information content (AvgIpc) is 2.60. The molecule has 1 aliphatic carbocycles. The van der Waals surface area contributed by atoms with E-state index in [1.54, 1.807) is 0 Å². The van der Waals surface area contributed by atoms with Gasteiger partial charge < -0.3 is 9.47 Å². The van der Waals surface area contributed by atoms with E-state index in [4.69, 9.17) is 9.47 Å². The molecule has 16 heavy (non-hydrogen) atoms. The molecule has 0 aromatic carbocycles. The number of fused-ring (bicyclic) bond motifs is 1. The van der Waals surface area contributed by atoms with Gasteiger partial charge >= 0.3 is 5.97 Å². The second-order valence-corrected chi connectivity index (χ2v) is 4.98. The van der Waals surface area contributed by atoms with Crippen molar-refractivity contribution >= 4 is 5.97 Å². The molecular weight excluding hydrogens is 204 g/mol. The van der Waals surface area contributed by atoms with Crippen molar-refractivity contribution in [2.75, 3.05) is 20.3 Å². The van der Waals surface area contributed by atoms with E-state index in [0.717, 1.165) is 30.8 Å².